The topological polar surface area (TPSA) is 21.3 Å². The van der Waals surface area contributed by atoms with Gasteiger partial charge in [-0.2, -0.15) is 0 Å². The summed E-state index contributed by atoms with van der Waals surface area (Å²) < 4.78 is 7.51. The minimum Gasteiger partial charge on any atom is -0.495 e. The molecule has 0 bridgehead atoms. The van der Waals surface area contributed by atoms with E-state index in [0.717, 1.165) is 39.8 Å². The van der Waals surface area contributed by atoms with Crippen molar-refractivity contribution in [2.24, 2.45) is 5.92 Å². The van der Waals surface area contributed by atoms with Crippen molar-refractivity contribution >= 4 is 37.9 Å². The number of hydrogen-bond acceptors (Lipinski definition) is 2. The standard InChI is InChI=1S/C16H23Br2NO/c1-5-6-19-10-13(11(2)3)7-12-8-14(17)9-15(18)16(12)20-4/h7-9,11,19H,5-6,10H2,1-4H3. The summed E-state index contributed by atoms with van der Waals surface area (Å²) in [5.41, 5.74) is 2.47. The molecule has 2 nitrogen and oxygen atoms in total. The Hall–Kier alpha value is -0.320. The molecule has 0 unspecified atom stereocenters. The van der Waals surface area contributed by atoms with Crippen molar-refractivity contribution < 1.29 is 4.74 Å². The molecule has 1 N–H and O–H groups in total. The molecule has 112 valence electrons. The van der Waals surface area contributed by atoms with Crippen molar-refractivity contribution in [2.45, 2.75) is 27.2 Å². The van der Waals surface area contributed by atoms with Crippen LogP contribution in [-0.2, 0) is 0 Å². The molecule has 0 aromatic heterocycles. The summed E-state index contributed by atoms with van der Waals surface area (Å²) in [5.74, 6) is 1.38. The number of rotatable bonds is 7. The second-order valence-corrected chi connectivity index (χ2v) is 6.83. The van der Waals surface area contributed by atoms with Crippen molar-refractivity contribution in [2.75, 3.05) is 20.2 Å². The summed E-state index contributed by atoms with van der Waals surface area (Å²) >= 11 is 7.09. The molecule has 1 aromatic carbocycles. The smallest absolute Gasteiger partial charge is 0.140 e. The van der Waals surface area contributed by atoms with Gasteiger partial charge < -0.3 is 10.1 Å². The zero-order chi connectivity index (χ0) is 15.1. The minimum absolute atomic E-state index is 0.502. The highest BCUT2D eigenvalue weighted by molar-refractivity contribution is 9.11. The lowest BCUT2D eigenvalue weighted by Crippen LogP contribution is -2.20. The van der Waals surface area contributed by atoms with E-state index in [1.807, 2.05) is 6.07 Å². The van der Waals surface area contributed by atoms with Gasteiger partial charge in [-0.15, -0.1) is 0 Å². The summed E-state index contributed by atoms with van der Waals surface area (Å²) in [4.78, 5) is 0. The lowest BCUT2D eigenvalue weighted by Gasteiger charge is -2.15. The molecule has 0 saturated heterocycles. The Kier molecular flexibility index (Phi) is 7.85. The second kappa shape index (κ2) is 8.85. The van der Waals surface area contributed by atoms with Crippen molar-refractivity contribution in [1.29, 1.82) is 0 Å². The van der Waals surface area contributed by atoms with Gasteiger partial charge in [0.05, 0.1) is 11.6 Å². The van der Waals surface area contributed by atoms with Crippen LogP contribution in [0.4, 0.5) is 0 Å². The van der Waals surface area contributed by atoms with E-state index in [0.29, 0.717) is 5.92 Å². The largest absolute Gasteiger partial charge is 0.495 e. The van der Waals surface area contributed by atoms with E-state index in [1.165, 1.54) is 5.57 Å². The molecule has 0 fully saturated rings. The fourth-order valence-corrected chi connectivity index (χ4v) is 3.35. The van der Waals surface area contributed by atoms with Gasteiger partial charge >= 0.3 is 0 Å². The zero-order valence-corrected chi connectivity index (χ0v) is 15.8. The van der Waals surface area contributed by atoms with Gasteiger partial charge in [-0.05, 0) is 46.9 Å². The van der Waals surface area contributed by atoms with Crippen LogP contribution in [0, 0.1) is 5.92 Å². The molecule has 20 heavy (non-hydrogen) atoms. The monoisotopic (exact) mass is 403 g/mol. The first-order valence-corrected chi connectivity index (χ1v) is 8.52. The fourth-order valence-electron chi connectivity index (χ4n) is 1.93. The van der Waals surface area contributed by atoms with Gasteiger partial charge in [0.25, 0.3) is 0 Å². The van der Waals surface area contributed by atoms with Gasteiger partial charge in [0.1, 0.15) is 5.75 Å². The number of benzene rings is 1. The summed E-state index contributed by atoms with van der Waals surface area (Å²) in [6, 6.07) is 4.09. The maximum atomic E-state index is 5.50. The van der Waals surface area contributed by atoms with Gasteiger partial charge in [-0.1, -0.05) is 48.4 Å². The van der Waals surface area contributed by atoms with E-state index < -0.39 is 0 Å². The Morgan fingerprint density at radius 2 is 2.05 bits per heavy atom. The van der Waals surface area contributed by atoms with Crippen LogP contribution in [-0.4, -0.2) is 20.2 Å². The van der Waals surface area contributed by atoms with E-state index in [1.54, 1.807) is 7.11 Å². The van der Waals surface area contributed by atoms with Gasteiger partial charge in [0, 0.05) is 16.6 Å². The summed E-state index contributed by atoms with van der Waals surface area (Å²) in [6.07, 6.45) is 3.37. The predicted molar refractivity (Wildman–Crippen MR) is 94.4 cm³/mol. The molecular formula is C16H23Br2NO. The molecule has 0 radical (unpaired) electrons. The van der Waals surface area contributed by atoms with E-state index in [9.17, 15) is 0 Å². The molecular weight excluding hydrogens is 382 g/mol. The maximum absolute atomic E-state index is 5.50. The first-order chi connectivity index (χ1) is 9.49. The maximum Gasteiger partial charge on any atom is 0.140 e. The molecule has 0 spiro atoms. The molecule has 0 heterocycles. The van der Waals surface area contributed by atoms with Crippen LogP contribution in [0.25, 0.3) is 6.08 Å². The van der Waals surface area contributed by atoms with E-state index in [-0.39, 0.29) is 0 Å². The highest BCUT2D eigenvalue weighted by Crippen LogP contribution is 2.34. The normalized spacial score (nSPS) is 12.1. The Morgan fingerprint density at radius 3 is 2.60 bits per heavy atom. The number of halogens is 2. The first-order valence-electron chi connectivity index (χ1n) is 6.93. The zero-order valence-electron chi connectivity index (χ0n) is 12.6. The van der Waals surface area contributed by atoms with Crippen LogP contribution in [0.5, 0.6) is 5.75 Å². The van der Waals surface area contributed by atoms with Crippen LogP contribution in [0.2, 0.25) is 0 Å². The third-order valence-corrected chi connectivity index (χ3v) is 4.13. The van der Waals surface area contributed by atoms with E-state index in [2.05, 4.69) is 70.1 Å². The molecule has 0 atom stereocenters. The lowest BCUT2D eigenvalue weighted by atomic mass is 10.00. The van der Waals surface area contributed by atoms with Gasteiger partial charge in [0.2, 0.25) is 0 Å². The highest BCUT2D eigenvalue weighted by atomic mass is 79.9. The molecule has 0 saturated carbocycles. The van der Waals surface area contributed by atoms with Gasteiger partial charge in [-0.3, -0.25) is 0 Å². The number of hydrogen-bond donors (Lipinski definition) is 1. The van der Waals surface area contributed by atoms with Crippen LogP contribution in [0.3, 0.4) is 0 Å². The Balaban J connectivity index is 3.09. The average molecular weight is 405 g/mol. The summed E-state index contributed by atoms with van der Waals surface area (Å²) in [6.45, 7) is 8.58. The fraction of sp³-hybridized carbons (Fsp3) is 0.500. The Morgan fingerprint density at radius 1 is 1.35 bits per heavy atom. The van der Waals surface area contributed by atoms with Crippen LogP contribution >= 0.6 is 31.9 Å². The van der Waals surface area contributed by atoms with E-state index in [4.69, 9.17) is 4.74 Å². The summed E-state index contributed by atoms with van der Waals surface area (Å²) in [5, 5.41) is 3.47. The van der Waals surface area contributed by atoms with E-state index >= 15 is 0 Å². The van der Waals surface area contributed by atoms with Crippen LogP contribution in [0.15, 0.2) is 26.7 Å². The van der Waals surface area contributed by atoms with Crippen molar-refractivity contribution in [3.8, 4) is 5.75 Å². The Labute approximate surface area is 139 Å². The Bertz CT molecular complexity index is 470. The van der Waals surface area contributed by atoms with Crippen LogP contribution < -0.4 is 10.1 Å². The van der Waals surface area contributed by atoms with Crippen molar-refractivity contribution in [1.82, 2.24) is 5.32 Å². The second-order valence-electron chi connectivity index (χ2n) is 5.06. The van der Waals surface area contributed by atoms with Gasteiger partial charge in [0.15, 0.2) is 0 Å². The SMILES string of the molecule is CCCNCC(=Cc1cc(Br)cc(Br)c1OC)C(C)C. The molecule has 1 rings (SSSR count). The average Bonchev–Trinajstić information content (AvgIpc) is 2.37. The quantitative estimate of drug-likeness (QED) is 0.625. The third-order valence-electron chi connectivity index (χ3n) is 3.08. The van der Waals surface area contributed by atoms with Gasteiger partial charge in [-0.25, -0.2) is 0 Å². The van der Waals surface area contributed by atoms with Crippen molar-refractivity contribution in [3.05, 3.63) is 32.2 Å². The summed E-state index contributed by atoms with van der Waals surface area (Å²) in [7, 11) is 1.70. The highest BCUT2D eigenvalue weighted by Gasteiger charge is 2.10. The van der Waals surface area contributed by atoms with Crippen molar-refractivity contribution in [3.63, 3.8) is 0 Å². The lowest BCUT2D eigenvalue weighted by molar-refractivity contribution is 0.411. The molecule has 0 aliphatic heterocycles. The molecule has 0 amide bonds. The molecule has 0 aliphatic rings. The molecule has 0 aliphatic carbocycles. The molecule has 4 heteroatoms. The number of ether oxygens (including phenoxy) is 1. The number of methoxy groups -OCH3 is 1. The minimum atomic E-state index is 0.502. The first kappa shape index (κ1) is 17.7. The predicted octanol–water partition coefficient (Wildman–Crippen LogP) is 5.26. The van der Waals surface area contributed by atoms with Crippen LogP contribution in [0.1, 0.15) is 32.8 Å². The third kappa shape index (κ3) is 5.23. The number of nitrogens with one attached hydrogen (secondary N) is 1. The molecule has 1 aromatic rings.